The van der Waals surface area contributed by atoms with Gasteiger partial charge in [0.1, 0.15) is 6.10 Å². The quantitative estimate of drug-likeness (QED) is 0.685. The van der Waals surface area contributed by atoms with Crippen LogP contribution in [0.25, 0.3) is 0 Å². The molecule has 2 aliphatic heterocycles. The molecule has 2 rings (SSSR count). The zero-order valence-electron chi connectivity index (χ0n) is 9.13. The van der Waals surface area contributed by atoms with Gasteiger partial charge in [0.05, 0.1) is 6.10 Å². The average Bonchev–Trinajstić information content (AvgIpc) is 2.16. The van der Waals surface area contributed by atoms with E-state index in [1.165, 1.54) is 6.42 Å². The van der Waals surface area contributed by atoms with Crippen molar-refractivity contribution >= 4 is 0 Å². The summed E-state index contributed by atoms with van der Waals surface area (Å²) in [6.45, 7) is 5.61. The highest BCUT2D eigenvalue weighted by Crippen LogP contribution is 2.17. The number of hydrogen-bond donors (Lipinski definition) is 1. The van der Waals surface area contributed by atoms with Crippen molar-refractivity contribution in [2.24, 2.45) is 0 Å². The highest BCUT2D eigenvalue weighted by Gasteiger charge is 2.29. The molecule has 15 heavy (non-hydrogen) atoms. The molecule has 0 aromatic rings. The van der Waals surface area contributed by atoms with Crippen LogP contribution in [0.4, 0.5) is 0 Å². The third-order valence-corrected chi connectivity index (χ3v) is 2.87. The minimum Gasteiger partial charge on any atom is -0.386 e. The summed E-state index contributed by atoms with van der Waals surface area (Å²) in [5.41, 5.74) is 0. The summed E-state index contributed by atoms with van der Waals surface area (Å²) in [4.78, 5) is 2.29. The maximum Gasteiger partial charge on any atom is 0.177 e. The highest BCUT2D eigenvalue weighted by molar-refractivity contribution is 5.00. The zero-order valence-corrected chi connectivity index (χ0v) is 9.13. The summed E-state index contributed by atoms with van der Waals surface area (Å²) in [6.07, 6.45) is 3.88. The first-order valence-electron chi connectivity index (χ1n) is 5.65. The highest BCUT2D eigenvalue weighted by atomic mass is 16.7. The van der Waals surface area contributed by atoms with E-state index in [-0.39, 0.29) is 12.4 Å². The van der Waals surface area contributed by atoms with Crippen molar-refractivity contribution in [3.63, 3.8) is 0 Å². The largest absolute Gasteiger partial charge is 0.386 e. The predicted octanol–water partition coefficient (Wildman–Crippen LogP) is 0.371. The Labute approximate surface area is 90.5 Å². The van der Waals surface area contributed by atoms with Gasteiger partial charge in [-0.15, -0.1) is 0 Å². The van der Waals surface area contributed by atoms with E-state index in [1.807, 2.05) is 6.92 Å². The Morgan fingerprint density at radius 1 is 1.47 bits per heavy atom. The molecule has 1 fully saturated rings. The van der Waals surface area contributed by atoms with Gasteiger partial charge in [0.25, 0.3) is 0 Å². The van der Waals surface area contributed by atoms with Crippen molar-refractivity contribution < 1.29 is 14.6 Å². The van der Waals surface area contributed by atoms with Gasteiger partial charge in [-0.2, -0.15) is 0 Å². The van der Waals surface area contributed by atoms with Crippen LogP contribution in [-0.2, 0) is 9.47 Å². The van der Waals surface area contributed by atoms with Crippen LogP contribution in [0.2, 0.25) is 0 Å². The van der Waals surface area contributed by atoms with Crippen LogP contribution in [0.3, 0.4) is 0 Å². The normalized spacial score (nSPS) is 36.5. The summed E-state index contributed by atoms with van der Waals surface area (Å²) in [6, 6.07) is 0. The van der Waals surface area contributed by atoms with Crippen LogP contribution in [0.5, 0.6) is 0 Å². The zero-order chi connectivity index (χ0) is 10.7. The van der Waals surface area contributed by atoms with Crippen molar-refractivity contribution in [3.8, 4) is 0 Å². The number of nitrogens with zero attached hydrogens (tertiary/aromatic N) is 1. The van der Waals surface area contributed by atoms with Crippen LogP contribution < -0.4 is 0 Å². The number of aliphatic hydroxyl groups is 1. The molecule has 86 valence electrons. The van der Waals surface area contributed by atoms with E-state index in [4.69, 9.17) is 9.47 Å². The molecule has 0 amide bonds. The maximum absolute atomic E-state index is 9.73. The van der Waals surface area contributed by atoms with Gasteiger partial charge in [-0.05, 0) is 32.5 Å². The first-order chi connectivity index (χ1) is 7.29. The number of rotatable bonds is 4. The van der Waals surface area contributed by atoms with Gasteiger partial charge in [0.2, 0.25) is 0 Å². The predicted molar refractivity (Wildman–Crippen MR) is 56.5 cm³/mol. The number of aliphatic hydroxyl groups excluding tert-OH is 1. The van der Waals surface area contributed by atoms with Crippen molar-refractivity contribution in [2.75, 3.05) is 26.2 Å². The second kappa shape index (κ2) is 5.07. The monoisotopic (exact) mass is 213 g/mol. The molecule has 3 atom stereocenters. The van der Waals surface area contributed by atoms with Gasteiger partial charge in [-0.1, -0.05) is 6.08 Å². The van der Waals surface area contributed by atoms with Gasteiger partial charge in [0.15, 0.2) is 6.29 Å². The van der Waals surface area contributed by atoms with Gasteiger partial charge >= 0.3 is 0 Å². The molecule has 0 spiro atoms. The standard InChI is InChI=1S/C11H19NO3/c1-2-14-11-5-4-9(13)10(15-11)8-12-6-3-7-12/h4-5,9-11,13H,2-3,6-8H2,1H3/t9-,10+,11-/m0/s1. The summed E-state index contributed by atoms with van der Waals surface area (Å²) >= 11 is 0. The molecule has 0 aromatic carbocycles. The first-order valence-corrected chi connectivity index (χ1v) is 5.65. The van der Waals surface area contributed by atoms with E-state index < -0.39 is 6.10 Å². The Morgan fingerprint density at radius 3 is 2.87 bits per heavy atom. The lowest BCUT2D eigenvalue weighted by Gasteiger charge is -2.37. The van der Waals surface area contributed by atoms with E-state index in [0.717, 1.165) is 19.6 Å². The average molecular weight is 213 g/mol. The number of hydrogen-bond acceptors (Lipinski definition) is 4. The third-order valence-electron chi connectivity index (χ3n) is 2.87. The molecule has 4 heteroatoms. The summed E-state index contributed by atoms with van der Waals surface area (Å²) in [5, 5.41) is 9.73. The SMILES string of the molecule is CCO[C@@H]1C=C[C@H](O)[C@@H](CN2CCC2)O1. The van der Waals surface area contributed by atoms with Crippen LogP contribution >= 0.6 is 0 Å². The fraction of sp³-hybridized carbons (Fsp3) is 0.818. The summed E-state index contributed by atoms with van der Waals surface area (Å²) < 4.78 is 11.0. The minimum absolute atomic E-state index is 0.146. The van der Waals surface area contributed by atoms with E-state index in [1.54, 1.807) is 12.2 Å². The Bertz CT molecular complexity index is 228. The lowest BCUT2D eigenvalue weighted by molar-refractivity contribution is -0.175. The maximum atomic E-state index is 9.73. The number of ether oxygens (including phenoxy) is 2. The second-order valence-electron chi connectivity index (χ2n) is 4.03. The van der Waals surface area contributed by atoms with Gasteiger partial charge in [-0.25, -0.2) is 0 Å². The molecule has 0 saturated carbocycles. The molecule has 0 aliphatic carbocycles. The molecule has 0 unspecified atom stereocenters. The van der Waals surface area contributed by atoms with Gasteiger partial charge < -0.3 is 19.5 Å². The molecule has 1 N–H and O–H groups in total. The van der Waals surface area contributed by atoms with Crippen LogP contribution in [0.15, 0.2) is 12.2 Å². The topological polar surface area (TPSA) is 41.9 Å². The lowest BCUT2D eigenvalue weighted by atomic mass is 10.1. The Kier molecular flexibility index (Phi) is 3.75. The molecule has 0 bridgehead atoms. The molecule has 1 saturated heterocycles. The lowest BCUT2D eigenvalue weighted by Crippen LogP contribution is -2.48. The molecule has 2 aliphatic rings. The summed E-state index contributed by atoms with van der Waals surface area (Å²) in [5.74, 6) is 0. The summed E-state index contributed by atoms with van der Waals surface area (Å²) in [7, 11) is 0. The molecule has 0 aromatic heterocycles. The first kappa shape index (κ1) is 11.1. The fourth-order valence-electron chi connectivity index (χ4n) is 1.86. The molecule has 4 nitrogen and oxygen atoms in total. The van der Waals surface area contributed by atoms with Crippen molar-refractivity contribution in [1.82, 2.24) is 4.90 Å². The number of likely N-dealkylation sites (tertiary alicyclic amines) is 1. The Hall–Kier alpha value is -0.420. The van der Waals surface area contributed by atoms with E-state index in [9.17, 15) is 5.11 Å². The molecule has 0 radical (unpaired) electrons. The van der Waals surface area contributed by atoms with Crippen LogP contribution in [0, 0.1) is 0 Å². The Morgan fingerprint density at radius 2 is 2.27 bits per heavy atom. The minimum atomic E-state index is -0.498. The van der Waals surface area contributed by atoms with Crippen LogP contribution in [0.1, 0.15) is 13.3 Å². The second-order valence-corrected chi connectivity index (χ2v) is 4.03. The molecular formula is C11H19NO3. The van der Waals surface area contributed by atoms with Crippen molar-refractivity contribution in [1.29, 1.82) is 0 Å². The third kappa shape index (κ3) is 2.78. The fourth-order valence-corrected chi connectivity index (χ4v) is 1.86. The Balaban J connectivity index is 1.84. The van der Waals surface area contributed by atoms with E-state index in [2.05, 4.69) is 4.90 Å². The molecular weight excluding hydrogens is 194 g/mol. The van der Waals surface area contributed by atoms with E-state index >= 15 is 0 Å². The van der Waals surface area contributed by atoms with Gasteiger partial charge in [0, 0.05) is 13.2 Å². The smallest absolute Gasteiger partial charge is 0.177 e. The van der Waals surface area contributed by atoms with Crippen molar-refractivity contribution in [2.45, 2.75) is 31.8 Å². The van der Waals surface area contributed by atoms with Crippen molar-refractivity contribution in [3.05, 3.63) is 12.2 Å². The van der Waals surface area contributed by atoms with Crippen LogP contribution in [-0.4, -0.2) is 54.7 Å². The van der Waals surface area contributed by atoms with E-state index in [0.29, 0.717) is 6.61 Å². The molecule has 2 heterocycles. The van der Waals surface area contributed by atoms with Gasteiger partial charge in [-0.3, -0.25) is 0 Å².